The summed E-state index contributed by atoms with van der Waals surface area (Å²) in [4.78, 5) is 19.0. The molecule has 0 saturated heterocycles. The molecule has 2 heterocycles. The number of hydrogen-bond donors (Lipinski definition) is 3. The summed E-state index contributed by atoms with van der Waals surface area (Å²) >= 11 is 0. The lowest BCUT2D eigenvalue weighted by Gasteiger charge is -2.06. The van der Waals surface area contributed by atoms with Gasteiger partial charge >= 0.3 is 0 Å². The number of primary amides is 1. The Bertz CT molecular complexity index is 539. The van der Waals surface area contributed by atoms with Gasteiger partial charge in [0.25, 0.3) is 5.91 Å². The molecule has 0 unspecified atom stereocenters. The molecule has 2 rings (SSSR count). The molecule has 2 aromatic heterocycles. The van der Waals surface area contributed by atoms with Crippen molar-refractivity contribution in [3.8, 4) is 0 Å². The molecule has 0 atom stereocenters. The van der Waals surface area contributed by atoms with E-state index in [0.29, 0.717) is 24.6 Å². The van der Waals surface area contributed by atoms with Crippen molar-refractivity contribution < 1.29 is 9.32 Å². The van der Waals surface area contributed by atoms with E-state index >= 15 is 0 Å². The maximum absolute atomic E-state index is 11.1. The summed E-state index contributed by atoms with van der Waals surface area (Å²) in [6.07, 6.45) is 3.23. The Labute approximate surface area is 102 Å². The maximum Gasteiger partial charge on any atom is 0.250 e. The molecule has 0 radical (unpaired) electrons. The van der Waals surface area contributed by atoms with Crippen LogP contribution in [0.3, 0.4) is 0 Å². The second kappa shape index (κ2) is 5.13. The minimum Gasteiger partial charge on any atom is -0.397 e. The van der Waals surface area contributed by atoms with E-state index in [9.17, 15) is 4.79 Å². The monoisotopic (exact) mass is 248 g/mol. The summed E-state index contributed by atoms with van der Waals surface area (Å²) < 4.78 is 4.60. The fraction of sp³-hybridized carbons (Fsp3) is 0.200. The maximum atomic E-state index is 11.1. The number of nitrogen functional groups attached to an aromatic ring is 1. The molecule has 0 fully saturated rings. The quantitative estimate of drug-likeness (QED) is 0.667. The molecule has 0 aliphatic heterocycles. The second-order valence-corrected chi connectivity index (χ2v) is 3.55. The first kappa shape index (κ1) is 11.8. The van der Waals surface area contributed by atoms with Gasteiger partial charge in [-0.15, -0.1) is 0 Å². The molecule has 18 heavy (non-hydrogen) atoms. The smallest absolute Gasteiger partial charge is 0.250 e. The van der Waals surface area contributed by atoms with Gasteiger partial charge in [-0.05, 0) is 6.07 Å². The van der Waals surface area contributed by atoms with E-state index in [1.807, 2.05) is 0 Å². The summed E-state index contributed by atoms with van der Waals surface area (Å²) in [6, 6.07) is 1.51. The van der Waals surface area contributed by atoms with Crippen LogP contribution in [0.2, 0.25) is 0 Å². The van der Waals surface area contributed by atoms with Crippen molar-refractivity contribution in [2.24, 2.45) is 5.73 Å². The number of anilines is 2. The van der Waals surface area contributed by atoms with Crippen LogP contribution in [0, 0.1) is 0 Å². The number of aromatic nitrogens is 3. The third kappa shape index (κ3) is 2.73. The van der Waals surface area contributed by atoms with Gasteiger partial charge in [-0.3, -0.25) is 4.79 Å². The van der Waals surface area contributed by atoms with E-state index < -0.39 is 5.91 Å². The summed E-state index contributed by atoms with van der Waals surface area (Å²) in [6.45, 7) is 0.550. The highest BCUT2D eigenvalue weighted by atomic mass is 16.5. The molecule has 0 aliphatic carbocycles. The van der Waals surface area contributed by atoms with Crippen LogP contribution in [0.4, 0.5) is 11.5 Å². The number of nitrogens with one attached hydrogen (secondary N) is 1. The first-order chi connectivity index (χ1) is 8.66. The molecule has 0 bridgehead atoms. The van der Waals surface area contributed by atoms with Gasteiger partial charge in [0.15, 0.2) is 5.82 Å². The number of carbonyl (C=O) groups is 1. The van der Waals surface area contributed by atoms with Gasteiger partial charge in [-0.2, -0.15) is 4.98 Å². The van der Waals surface area contributed by atoms with Gasteiger partial charge in [0, 0.05) is 13.0 Å². The highest BCUT2D eigenvalue weighted by Crippen LogP contribution is 2.13. The van der Waals surface area contributed by atoms with Crippen molar-refractivity contribution in [2.75, 3.05) is 17.6 Å². The Hall–Kier alpha value is -2.64. The topological polar surface area (TPSA) is 133 Å². The number of hydrogen-bond acceptors (Lipinski definition) is 7. The van der Waals surface area contributed by atoms with Crippen molar-refractivity contribution in [1.82, 2.24) is 15.1 Å². The molecular formula is C10H12N6O2. The van der Waals surface area contributed by atoms with E-state index in [1.165, 1.54) is 18.7 Å². The van der Waals surface area contributed by atoms with Gasteiger partial charge in [0.05, 0.1) is 17.4 Å². The molecule has 8 heteroatoms. The van der Waals surface area contributed by atoms with Crippen LogP contribution in [-0.2, 0) is 6.42 Å². The normalized spacial score (nSPS) is 10.2. The number of amides is 1. The minimum atomic E-state index is -0.587. The van der Waals surface area contributed by atoms with Gasteiger partial charge in [0.1, 0.15) is 5.82 Å². The molecule has 5 N–H and O–H groups in total. The van der Waals surface area contributed by atoms with E-state index in [2.05, 4.69) is 25.0 Å². The largest absolute Gasteiger partial charge is 0.397 e. The van der Waals surface area contributed by atoms with Crippen LogP contribution < -0.4 is 16.8 Å². The summed E-state index contributed by atoms with van der Waals surface area (Å²) in [5.41, 5.74) is 11.3. The Morgan fingerprint density at radius 3 is 2.94 bits per heavy atom. The van der Waals surface area contributed by atoms with E-state index in [0.717, 1.165) is 0 Å². The van der Waals surface area contributed by atoms with Crippen LogP contribution in [0.5, 0.6) is 0 Å². The summed E-state index contributed by atoms with van der Waals surface area (Å²) in [7, 11) is 0. The first-order valence-corrected chi connectivity index (χ1v) is 5.21. The van der Waals surface area contributed by atoms with E-state index in [4.69, 9.17) is 11.5 Å². The first-order valence-electron chi connectivity index (χ1n) is 5.21. The SMILES string of the molecule is NC(=O)c1cc(NCCc2ncon2)ncc1N. The third-order valence-corrected chi connectivity index (χ3v) is 2.26. The van der Waals surface area contributed by atoms with Gasteiger partial charge in [0.2, 0.25) is 6.39 Å². The van der Waals surface area contributed by atoms with E-state index in [-0.39, 0.29) is 11.3 Å². The van der Waals surface area contributed by atoms with Crippen molar-refractivity contribution in [1.29, 1.82) is 0 Å². The summed E-state index contributed by atoms with van der Waals surface area (Å²) in [5.74, 6) is 0.519. The molecule has 0 spiro atoms. The average Bonchev–Trinajstić information content (AvgIpc) is 2.84. The lowest BCUT2D eigenvalue weighted by molar-refractivity contribution is 0.100. The summed E-state index contributed by atoms with van der Waals surface area (Å²) in [5, 5.41) is 6.68. The van der Waals surface area contributed by atoms with Gasteiger partial charge in [-0.25, -0.2) is 4.98 Å². The van der Waals surface area contributed by atoms with Crippen LogP contribution >= 0.6 is 0 Å². The fourth-order valence-electron chi connectivity index (χ4n) is 1.38. The van der Waals surface area contributed by atoms with Crippen LogP contribution in [0.25, 0.3) is 0 Å². The zero-order chi connectivity index (χ0) is 13.0. The lowest BCUT2D eigenvalue weighted by atomic mass is 10.2. The van der Waals surface area contributed by atoms with Crippen LogP contribution in [0.15, 0.2) is 23.2 Å². The standard InChI is InChI=1S/C10H12N6O2/c11-7-4-14-9(3-6(7)10(12)17)13-2-1-8-15-5-18-16-8/h3-5H,1-2,11H2,(H2,12,17)(H,13,14). The zero-order valence-corrected chi connectivity index (χ0v) is 9.46. The van der Waals surface area contributed by atoms with Crippen molar-refractivity contribution >= 4 is 17.4 Å². The third-order valence-electron chi connectivity index (χ3n) is 2.26. The van der Waals surface area contributed by atoms with E-state index in [1.54, 1.807) is 0 Å². The Morgan fingerprint density at radius 2 is 2.28 bits per heavy atom. The lowest BCUT2D eigenvalue weighted by Crippen LogP contribution is -2.15. The number of nitrogens with two attached hydrogens (primary N) is 2. The zero-order valence-electron chi connectivity index (χ0n) is 9.46. The Kier molecular flexibility index (Phi) is 3.37. The number of rotatable bonds is 5. The molecule has 8 nitrogen and oxygen atoms in total. The fourth-order valence-corrected chi connectivity index (χ4v) is 1.38. The predicted octanol–water partition coefficient (Wildman–Crippen LogP) is -0.200. The van der Waals surface area contributed by atoms with Crippen molar-refractivity contribution in [2.45, 2.75) is 6.42 Å². The molecule has 2 aromatic rings. The molecule has 1 amide bonds. The molecule has 0 aromatic carbocycles. The predicted molar refractivity (Wildman–Crippen MR) is 63.7 cm³/mol. The Morgan fingerprint density at radius 1 is 1.44 bits per heavy atom. The minimum absolute atomic E-state index is 0.243. The molecule has 94 valence electrons. The number of nitrogens with zero attached hydrogens (tertiary/aromatic N) is 3. The van der Waals surface area contributed by atoms with Gasteiger partial charge in [-0.1, -0.05) is 5.16 Å². The second-order valence-electron chi connectivity index (χ2n) is 3.55. The van der Waals surface area contributed by atoms with Crippen molar-refractivity contribution in [3.05, 3.63) is 30.0 Å². The van der Waals surface area contributed by atoms with Crippen molar-refractivity contribution in [3.63, 3.8) is 0 Å². The van der Waals surface area contributed by atoms with Gasteiger partial charge < -0.3 is 21.3 Å². The molecule has 0 saturated carbocycles. The highest BCUT2D eigenvalue weighted by molar-refractivity contribution is 5.98. The number of carbonyl (C=O) groups excluding carboxylic acids is 1. The molecular weight excluding hydrogens is 236 g/mol. The van der Waals surface area contributed by atoms with Crippen LogP contribution in [0.1, 0.15) is 16.2 Å². The Balaban J connectivity index is 1.97. The average molecular weight is 248 g/mol. The number of pyridine rings is 1. The van der Waals surface area contributed by atoms with Crippen LogP contribution in [-0.4, -0.2) is 27.6 Å². The molecule has 0 aliphatic rings. The highest BCUT2D eigenvalue weighted by Gasteiger charge is 2.07.